The first-order valence-electron chi connectivity index (χ1n) is 10.7. The Morgan fingerprint density at radius 3 is 2.52 bits per heavy atom. The standard InChI is InChI=1S/C25H27NO5/c1-17-15-22-19(16-24(27)28)5-4-8-23(22)26(17)25(29)18-9-11-21(12-10-18)31-14-13-30-20-6-2-3-7-20/h4-5,8-12,15,20H,2-3,6-7,13-14,16H2,1H3,(H,27,28). The average Bonchev–Trinajstić information content (AvgIpc) is 3.38. The molecule has 1 N–H and O–H groups in total. The number of carbonyl (C=O) groups excluding carboxylic acids is 1. The van der Waals surface area contributed by atoms with Crippen molar-refractivity contribution in [3.05, 3.63) is 65.4 Å². The van der Waals surface area contributed by atoms with Crippen LogP contribution in [0.3, 0.4) is 0 Å². The summed E-state index contributed by atoms with van der Waals surface area (Å²) >= 11 is 0. The molecule has 3 aromatic rings. The molecule has 162 valence electrons. The number of hydrogen-bond donors (Lipinski definition) is 1. The maximum Gasteiger partial charge on any atom is 0.307 e. The van der Waals surface area contributed by atoms with Gasteiger partial charge in [0.25, 0.3) is 5.91 Å². The van der Waals surface area contributed by atoms with E-state index in [9.17, 15) is 9.59 Å². The Hall–Kier alpha value is -3.12. The van der Waals surface area contributed by atoms with Crippen LogP contribution in [-0.4, -0.2) is 40.9 Å². The van der Waals surface area contributed by atoms with E-state index >= 15 is 0 Å². The molecule has 6 nitrogen and oxygen atoms in total. The first kappa shape index (κ1) is 21.1. The quantitative estimate of drug-likeness (QED) is 0.538. The van der Waals surface area contributed by atoms with Crippen molar-refractivity contribution in [3.63, 3.8) is 0 Å². The highest BCUT2D eigenvalue weighted by molar-refractivity contribution is 6.04. The smallest absolute Gasteiger partial charge is 0.307 e. The minimum atomic E-state index is -0.895. The van der Waals surface area contributed by atoms with E-state index in [1.54, 1.807) is 41.0 Å². The molecule has 1 aromatic heterocycles. The van der Waals surface area contributed by atoms with Crippen LogP contribution in [0.4, 0.5) is 0 Å². The summed E-state index contributed by atoms with van der Waals surface area (Å²) in [5.41, 5.74) is 2.72. The Kier molecular flexibility index (Phi) is 6.37. The number of nitrogens with zero attached hydrogens (tertiary/aromatic N) is 1. The van der Waals surface area contributed by atoms with E-state index in [2.05, 4.69) is 0 Å². The minimum absolute atomic E-state index is 0.0779. The lowest BCUT2D eigenvalue weighted by molar-refractivity contribution is -0.136. The fraction of sp³-hybridized carbons (Fsp3) is 0.360. The summed E-state index contributed by atoms with van der Waals surface area (Å²) < 4.78 is 13.2. The minimum Gasteiger partial charge on any atom is -0.491 e. The molecule has 1 fully saturated rings. The third-order valence-corrected chi connectivity index (χ3v) is 5.77. The van der Waals surface area contributed by atoms with Crippen LogP contribution >= 0.6 is 0 Å². The Labute approximate surface area is 181 Å². The third kappa shape index (κ3) is 4.80. The van der Waals surface area contributed by atoms with Crippen molar-refractivity contribution in [1.82, 2.24) is 4.57 Å². The second-order valence-electron chi connectivity index (χ2n) is 8.00. The Balaban J connectivity index is 1.45. The van der Waals surface area contributed by atoms with Crippen LogP contribution in [0.15, 0.2) is 48.5 Å². The highest BCUT2D eigenvalue weighted by Gasteiger charge is 2.18. The highest BCUT2D eigenvalue weighted by Crippen LogP contribution is 2.25. The molecule has 0 aliphatic heterocycles. The van der Waals surface area contributed by atoms with Gasteiger partial charge in [-0.15, -0.1) is 0 Å². The van der Waals surface area contributed by atoms with E-state index < -0.39 is 5.97 Å². The van der Waals surface area contributed by atoms with Crippen molar-refractivity contribution >= 4 is 22.8 Å². The lowest BCUT2D eigenvalue weighted by Gasteiger charge is -2.12. The van der Waals surface area contributed by atoms with E-state index in [-0.39, 0.29) is 12.3 Å². The molecule has 1 aliphatic rings. The van der Waals surface area contributed by atoms with Crippen LogP contribution in [0.5, 0.6) is 5.75 Å². The number of ether oxygens (including phenoxy) is 2. The molecule has 1 aliphatic carbocycles. The molecule has 0 atom stereocenters. The van der Waals surface area contributed by atoms with Gasteiger partial charge >= 0.3 is 5.97 Å². The molecule has 0 spiro atoms. The molecule has 2 aromatic carbocycles. The lowest BCUT2D eigenvalue weighted by Crippen LogP contribution is -2.14. The molecule has 4 rings (SSSR count). The van der Waals surface area contributed by atoms with E-state index in [1.807, 2.05) is 19.1 Å². The summed E-state index contributed by atoms with van der Waals surface area (Å²) in [6, 6.07) is 14.4. The molecular formula is C25H27NO5. The number of aliphatic carboxylic acids is 1. The van der Waals surface area contributed by atoms with Gasteiger partial charge < -0.3 is 14.6 Å². The van der Waals surface area contributed by atoms with Gasteiger partial charge in [-0.3, -0.25) is 14.2 Å². The van der Waals surface area contributed by atoms with Gasteiger partial charge in [0.2, 0.25) is 0 Å². The maximum atomic E-state index is 13.2. The third-order valence-electron chi connectivity index (χ3n) is 5.77. The number of benzene rings is 2. The predicted octanol–water partition coefficient (Wildman–Crippen LogP) is 4.60. The second kappa shape index (κ2) is 9.35. The summed E-state index contributed by atoms with van der Waals surface area (Å²) in [7, 11) is 0. The monoisotopic (exact) mass is 421 g/mol. The van der Waals surface area contributed by atoms with Crippen LogP contribution in [0.1, 0.15) is 47.3 Å². The molecule has 1 heterocycles. The Bertz CT molecular complexity index is 1080. The number of aromatic nitrogens is 1. The normalized spacial score (nSPS) is 14.2. The van der Waals surface area contributed by atoms with Gasteiger partial charge in [0.1, 0.15) is 12.4 Å². The number of rotatable bonds is 8. The highest BCUT2D eigenvalue weighted by atomic mass is 16.5. The first-order valence-corrected chi connectivity index (χ1v) is 10.7. The molecule has 6 heteroatoms. The molecular weight excluding hydrogens is 394 g/mol. The largest absolute Gasteiger partial charge is 0.491 e. The first-order chi connectivity index (χ1) is 15.0. The molecule has 0 amide bonds. The molecule has 0 unspecified atom stereocenters. The SMILES string of the molecule is Cc1cc2c(CC(=O)O)cccc2n1C(=O)c1ccc(OCCOC2CCCC2)cc1. The molecule has 0 bridgehead atoms. The van der Waals surface area contributed by atoms with Crippen LogP contribution < -0.4 is 4.74 Å². The van der Waals surface area contributed by atoms with Crippen molar-refractivity contribution in [2.45, 2.75) is 45.1 Å². The molecule has 1 saturated carbocycles. The number of aryl methyl sites for hydroxylation is 1. The molecule has 31 heavy (non-hydrogen) atoms. The number of carboxylic acids is 1. The zero-order chi connectivity index (χ0) is 21.8. The topological polar surface area (TPSA) is 77.8 Å². The van der Waals surface area contributed by atoms with Gasteiger partial charge in [0.15, 0.2) is 0 Å². The Morgan fingerprint density at radius 2 is 1.81 bits per heavy atom. The lowest BCUT2D eigenvalue weighted by atomic mass is 10.1. The zero-order valence-electron chi connectivity index (χ0n) is 17.7. The van der Waals surface area contributed by atoms with Crippen molar-refractivity contribution in [3.8, 4) is 5.75 Å². The summed E-state index contributed by atoms with van der Waals surface area (Å²) in [6.45, 7) is 2.90. The van der Waals surface area contributed by atoms with E-state index in [0.29, 0.717) is 41.7 Å². The van der Waals surface area contributed by atoms with E-state index in [1.165, 1.54) is 12.8 Å². The van der Waals surface area contributed by atoms with Gasteiger partial charge in [-0.25, -0.2) is 0 Å². The summed E-state index contributed by atoms with van der Waals surface area (Å²) in [5.74, 6) is -0.353. The number of hydrogen-bond acceptors (Lipinski definition) is 4. The van der Waals surface area contributed by atoms with Crippen LogP contribution in [0.2, 0.25) is 0 Å². The second-order valence-corrected chi connectivity index (χ2v) is 8.00. The van der Waals surface area contributed by atoms with E-state index in [0.717, 1.165) is 23.9 Å². The van der Waals surface area contributed by atoms with Gasteiger partial charge in [-0.1, -0.05) is 25.0 Å². The number of fused-ring (bicyclic) bond motifs is 1. The van der Waals surface area contributed by atoms with Crippen molar-refractivity contribution in [2.75, 3.05) is 13.2 Å². The van der Waals surface area contributed by atoms with Gasteiger partial charge in [-0.05, 0) is 61.7 Å². The average molecular weight is 421 g/mol. The number of carbonyl (C=O) groups is 2. The van der Waals surface area contributed by atoms with Crippen LogP contribution in [0, 0.1) is 6.92 Å². The van der Waals surface area contributed by atoms with Gasteiger partial charge in [-0.2, -0.15) is 0 Å². The fourth-order valence-electron chi connectivity index (χ4n) is 4.26. The summed E-state index contributed by atoms with van der Waals surface area (Å²) in [4.78, 5) is 24.3. The number of carboxylic acid groups (broad SMARTS) is 1. The van der Waals surface area contributed by atoms with Gasteiger partial charge in [0, 0.05) is 16.6 Å². The van der Waals surface area contributed by atoms with Crippen LogP contribution in [-0.2, 0) is 16.0 Å². The Morgan fingerprint density at radius 1 is 1.06 bits per heavy atom. The van der Waals surface area contributed by atoms with Crippen LogP contribution in [0.25, 0.3) is 10.9 Å². The maximum absolute atomic E-state index is 13.2. The van der Waals surface area contributed by atoms with Crippen molar-refractivity contribution in [2.24, 2.45) is 0 Å². The zero-order valence-corrected chi connectivity index (χ0v) is 17.7. The fourth-order valence-corrected chi connectivity index (χ4v) is 4.26. The van der Waals surface area contributed by atoms with E-state index in [4.69, 9.17) is 14.6 Å². The molecule has 0 radical (unpaired) electrons. The predicted molar refractivity (Wildman–Crippen MR) is 118 cm³/mol. The summed E-state index contributed by atoms with van der Waals surface area (Å²) in [5, 5.41) is 9.94. The van der Waals surface area contributed by atoms with Gasteiger partial charge in [0.05, 0.1) is 24.6 Å². The summed E-state index contributed by atoms with van der Waals surface area (Å²) in [6.07, 6.45) is 5.07. The van der Waals surface area contributed by atoms with Crippen molar-refractivity contribution < 1.29 is 24.2 Å². The van der Waals surface area contributed by atoms with Crippen molar-refractivity contribution in [1.29, 1.82) is 0 Å². The molecule has 0 saturated heterocycles.